The number of aromatic nitrogens is 2. The number of hydrogen-bond donors (Lipinski definition) is 3. The molecule has 6 heteroatoms. The Hall–Kier alpha value is -0.750. The third kappa shape index (κ3) is 2.62. The molecule has 14 heavy (non-hydrogen) atoms. The number of halogens is 1. The maximum atomic E-state index is 9.63. The molecule has 0 spiro atoms. The molecule has 5 nitrogen and oxygen atoms in total. The number of rotatable bonds is 4. The van der Waals surface area contributed by atoms with Gasteiger partial charge in [-0.1, -0.05) is 11.6 Å². The highest BCUT2D eigenvalue weighted by atomic mass is 35.5. The first-order valence-electron chi connectivity index (χ1n) is 4.18. The average molecular weight is 218 g/mol. The highest BCUT2D eigenvalue weighted by molar-refractivity contribution is 6.30. The molecule has 0 aromatic carbocycles. The fourth-order valence-corrected chi connectivity index (χ4v) is 1.26. The van der Waals surface area contributed by atoms with E-state index in [4.69, 9.17) is 17.3 Å². The summed E-state index contributed by atoms with van der Waals surface area (Å²) in [6.45, 7) is 0.295. The van der Waals surface area contributed by atoms with Gasteiger partial charge in [0.1, 0.15) is 17.6 Å². The molecule has 0 saturated heterocycles. The quantitative estimate of drug-likeness (QED) is 0.612. The van der Waals surface area contributed by atoms with Crippen LogP contribution in [0.5, 0.6) is 0 Å². The van der Waals surface area contributed by atoms with E-state index in [0.717, 1.165) is 0 Å². The summed E-state index contributed by atoms with van der Waals surface area (Å²) in [6.07, 6.45) is 0.913. The molecule has 0 aliphatic heterocycles. The maximum Gasteiger partial charge on any atom is 0.138 e. The van der Waals surface area contributed by atoms with Crippen molar-refractivity contribution < 1.29 is 10.2 Å². The van der Waals surface area contributed by atoms with Crippen LogP contribution in [0, 0.1) is 0 Å². The lowest BCUT2D eigenvalue weighted by Crippen LogP contribution is -2.22. The molecule has 78 valence electrons. The highest BCUT2D eigenvalue weighted by Crippen LogP contribution is 2.23. The number of nitrogens with two attached hydrogens (primary N) is 1. The summed E-state index contributed by atoms with van der Waals surface area (Å²) in [5.41, 5.74) is 5.56. The van der Waals surface area contributed by atoms with E-state index >= 15 is 0 Å². The summed E-state index contributed by atoms with van der Waals surface area (Å²) in [7, 11) is 0. The summed E-state index contributed by atoms with van der Waals surface area (Å²) < 4.78 is 0. The molecule has 0 aliphatic carbocycles. The molecule has 0 saturated carbocycles. The second-order valence-corrected chi connectivity index (χ2v) is 3.22. The van der Waals surface area contributed by atoms with E-state index in [2.05, 4.69) is 9.97 Å². The van der Waals surface area contributed by atoms with Gasteiger partial charge in [-0.15, -0.1) is 0 Å². The number of hydrogen-bond acceptors (Lipinski definition) is 5. The Balaban J connectivity index is 2.78. The van der Waals surface area contributed by atoms with Crippen molar-refractivity contribution in [1.82, 2.24) is 9.97 Å². The van der Waals surface area contributed by atoms with Gasteiger partial charge in [0.05, 0.1) is 6.10 Å². The molecule has 1 aromatic rings. The first-order valence-corrected chi connectivity index (χ1v) is 4.56. The molecule has 0 bridgehead atoms. The topological polar surface area (TPSA) is 92.3 Å². The normalized spacial score (nSPS) is 15.1. The van der Waals surface area contributed by atoms with Crippen LogP contribution in [-0.2, 0) is 0 Å². The van der Waals surface area contributed by atoms with Crippen molar-refractivity contribution >= 4 is 11.6 Å². The van der Waals surface area contributed by atoms with Crippen LogP contribution < -0.4 is 5.73 Å². The summed E-state index contributed by atoms with van der Waals surface area (Å²) in [5, 5.41) is 19.2. The van der Waals surface area contributed by atoms with E-state index in [1.807, 2.05) is 0 Å². The minimum absolute atomic E-state index is 0.142. The van der Waals surface area contributed by atoms with Crippen molar-refractivity contribution in [3.05, 3.63) is 23.2 Å². The molecular formula is C8H12ClN3O2. The van der Waals surface area contributed by atoms with E-state index < -0.39 is 12.2 Å². The van der Waals surface area contributed by atoms with Gasteiger partial charge < -0.3 is 15.9 Å². The Labute approximate surface area is 86.6 Å². The van der Waals surface area contributed by atoms with Crippen molar-refractivity contribution in [2.24, 2.45) is 5.73 Å². The van der Waals surface area contributed by atoms with Crippen LogP contribution in [0.15, 0.2) is 12.5 Å². The smallest absolute Gasteiger partial charge is 0.138 e. The zero-order valence-electron chi connectivity index (χ0n) is 7.47. The Morgan fingerprint density at radius 2 is 2.21 bits per heavy atom. The van der Waals surface area contributed by atoms with Gasteiger partial charge in [-0.05, 0) is 13.0 Å². The molecule has 1 heterocycles. The van der Waals surface area contributed by atoms with E-state index in [1.165, 1.54) is 12.5 Å². The van der Waals surface area contributed by atoms with Crippen molar-refractivity contribution in [3.8, 4) is 0 Å². The maximum absolute atomic E-state index is 9.63. The Kier molecular flexibility index (Phi) is 4.21. The highest BCUT2D eigenvalue weighted by Gasteiger charge is 2.20. The molecule has 0 aliphatic rings. The SMILES string of the molecule is NCCC(O)C(O)c1cncnc1Cl. The first-order chi connectivity index (χ1) is 6.66. The molecule has 0 fully saturated rings. The zero-order chi connectivity index (χ0) is 10.6. The monoisotopic (exact) mass is 217 g/mol. The van der Waals surface area contributed by atoms with Crippen molar-refractivity contribution in [2.45, 2.75) is 18.6 Å². The van der Waals surface area contributed by atoms with E-state index in [9.17, 15) is 10.2 Å². The van der Waals surface area contributed by atoms with Gasteiger partial charge in [0.25, 0.3) is 0 Å². The first kappa shape index (κ1) is 11.3. The van der Waals surface area contributed by atoms with Crippen molar-refractivity contribution in [2.75, 3.05) is 6.54 Å². The standard InChI is InChI=1S/C8H12ClN3O2/c9-8-5(3-11-4-12-8)7(14)6(13)1-2-10/h3-4,6-7,13-14H,1-2,10H2. The third-order valence-electron chi connectivity index (χ3n) is 1.84. The van der Waals surface area contributed by atoms with Crippen molar-refractivity contribution in [1.29, 1.82) is 0 Å². The van der Waals surface area contributed by atoms with Gasteiger partial charge in [0.2, 0.25) is 0 Å². The lowest BCUT2D eigenvalue weighted by Gasteiger charge is -2.17. The summed E-state index contributed by atoms with van der Waals surface area (Å²) in [6, 6.07) is 0. The van der Waals surface area contributed by atoms with Gasteiger partial charge in [-0.2, -0.15) is 0 Å². The molecular weight excluding hydrogens is 206 g/mol. The molecule has 2 atom stereocenters. The molecule has 4 N–H and O–H groups in total. The summed E-state index contributed by atoms with van der Waals surface area (Å²) >= 11 is 5.71. The lowest BCUT2D eigenvalue weighted by atomic mass is 10.1. The molecule has 2 unspecified atom stereocenters. The van der Waals surface area contributed by atoms with E-state index in [0.29, 0.717) is 18.5 Å². The van der Waals surface area contributed by atoms with Gasteiger partial charge in [0.15, 0.2) is 0 Å². The van der Waals surface area contributed by atoms with E-state index in [1.54, 1.807) is 0 Å². The Morgan fingerprint density at radius 3 is 2.79 bits per heavy atom. The van der Waals surface area contributed by atoms with Gasteiger partial charge >= 0.3 is 0 Å². The minimum atomic E-state index is -1.09. The van der Waals surface area contributed by atoms with Crippen LogP contribution in [0.4, 0.5) is 0 Å². The fourth-order valence-electron chi connectivity index (χ4n) is 1.06. The number of aliphatic hydroxyl groups excluding tert-OH is 2. The van der Waals surface area contributed by atoms with Gasteiger partial charge in [0, 0.05) is 11.8 Å². The largest absolute Gasteiger partial charge is 0.390 e. The Morgan fingerprint density at radius 1 is 1.50 bits per heavy atom. The van der Waals surface area contributed by atoms with Crippen LogP contribution in [-0.4, -0.2) is 32.8 Å². The van der Waals surface area contributed by atoms with Crippen molar-refractivity contribution in [3.63, 3.8) is 0 Å². The molecule has 0 amide bonds. The second kappa shape index (κ2) is 5.21. The summed E-state index contributed by atoms with van der Waals surface area (Å²) in [5.74, 6) is 0. The predicted octanol–water partition coefficient (Wildman–Crippen LogP) is -0.127. The zero-order valence-corrected chi connectivity index (χ0v) is 8.22. The molecule has 0 radical (unpaired) electrons. The van der Waals surface area contributed by atoms with Crippen LogP contribution in [0.3, 0.4) is 0 Å². The van der Waals surface area contributed by atoms with Crippen LogP contribution in [0.25, 0.3) is 0 Å². The Bertz CT molecular complexity index is 298. The van der Waals surface area contributed by atoms with Crippen LogP contribution in [0.2, 0.25) is 5.15 Å². The summed E-state index contributed by atoms with van der Waals surface area (Å²) in [4.78, 5) is 7.41. The predicted molar refractivity (Wildman–Crippen MR) is 51.7 cm³/mol. The van der Waals surface area contributed by atoms with E-state index in [-0.39, 0.29) is 5.15 Å². The second-order valence-electron chi connectivity index (χ2n) is 2.86. The van der Waals surface area contributed by atoms with Crippen LogP contribution >= 0.6 is 11.6 Å². The minimum Gasteiger partial charge on any atom is -0.390 e. The average Bonchev–Trinajstić information content (AvgIpc) is 2.18. The number of aliphatic hydroxyl groups is 2. The van der Waals surface area contributed by atoms with Gasteiger partial charge in [-0.25, -0.2) is 9.97 Å². The number of nitrogens with zero attached hydrogens (tertiary/aromatic N) is 2. The lowest BCUT2D eigenvalue weighted by molar-refractivity contribution is 0.0147. The molecule has 1 aromatic heterocycles. The van der Waals surface area contributed by atoms with Gasteiger partial charge in [-0.3, -0.25) is 0 Å². The third-order valence-corrected chi connectivity index (χ3v) is 2.15. The molecule has 1 rings (SSSR count). The van der Waals surface area contributed by atoms with Crippen LogP contribution in [0.1, 0.15) is 18.1 Å². The fraction of sp³-hybridized carbons (Fsp3) is 0.500.